The molecule has 26 heavy (non-hydrogen) atoms. The number of amides is 1. The van der Waals surface area contributed by atoms with Gasteiger partial charge in [0.25, 0.3) is 0 Å². The van der Waals surface area contributed by atoms with Crippen LogP contribution in [0.25, 0.3) is 0 Å². The molecule has 0 saturated heterocycles. The van der Waals surface area contributed by atoms with Crippen LogP contribution in [0.3, 0.4) is 0 Å². The van der Waals surface area contributed by atoms with Crippen molar-refractivity contribution >= 4 is 5.91 Å². The first kappa shape index (κ1) is 18.5. The van der Waals surface area contributed by atoms with Crippen LogP contribution in [0.2, 0.25) is 0 Å². The lowest BCUT2D eigenvalue weighted by Gasteiger charge is -2.13. The third-order valence-corrected chi connectivity index (χ3v) is 4.46. The molecule has 0 radical (unpaired) electrons. The summed E-state index contributed by atoms with van der Waals surface area (Å²) < 4.78 is 41.6. The third-order valence-electron chi connectivity index (χ3n) is 4.46. The summed E-state index contributed by atoms with van der Waals surface area (Å²) in [6.45, 7) is 4.31. The molecule has 1 atom stereocenters. The van der Waals surface area contributed by atoms with Gasteiger partial charge >= 0.3 is 6.18 Å². The normalized spacial score (nSPS) is 15.9. The van der Waals surface area contributed by atoms with Gasteiger partial charge in [-0.3, -0.25) is 14.2 Å². The average molecular weight is 369 g/mol. The Hall–Kier alpha value is -2.32. The summed E-state index contributed by atoms with van der Waals surface area (Å²) in [5, 5.41) is 10.7. The third kappa shape index (κ3) is 4.25. The molecule has 2 aromatic heterocycles. The van der Waals surface area contributed by atoms with Crippen LogP contribution in [0, 0.1) is 6.92 Å². The van der Waals surface area contributed by atoms with E-state index in [1.165, 1.54) is 4.68 Å². The van der Waals surface area contributed by atoms with Gasteiger partial charge in [0.1, 0.15) is 6.04 Å². The largest absolute Gasteiger partial charge is 0.435 e. The SMILES string of the molecule is Cc1ccn(C(C)C(=O)NCCCn2nc(C(F)(F)F)cc2C2CC2)n1. The second kappa shape index (κ2) is 7.13. The molecule has 2 heterocycles. The number of aryl methyl sites for hydroxylation is 2. The molecular weight excluding hydrogens is 347 g/mol. The molecule has 0 aliphatic heterocycles. The summed E-state index contributed by atoms with van der Waals surface area (Å²) in [5.74, 6) is 0.00299. The van der Waals surface area contributed by atoms with Crippen LogP contribution in [-0.2, 0) is 17.5 Å². The first-order valence-electron chi connectivity index (χ1n) is 8.70. The van der Waals surface area contributed by atoms with E-state index in [9.17, 15) is 18.0 Å². The predicted molar refractivity (Wildman–Crippen MR) is 88.5 cm³/mol. The summed E-state index contributed by atoms with van der Waals surface area (Å²) >= 11 is 0. The molecule has 1 aliphatic carbocycles. The monoisotopic (exact) mass is 369 g/mol. The van der Waals surface area contributed by atoms with E-state index in [0.29, 0.717) is 25.2 Å². The van der Waals surface area contributed by atoms with E-state index in [0.717, 1.165) is 24.6 Å². The van der Waals surface area contributed by atoms with Crippen molar-refractivity contribution in [1.82, 2.24) is 24.9 Å². The molecule has 1 unspecified atom stereocenters. The molecule has 1 fully saturated rings. The predicted octanol–water partition coefficient (Wildman–Crippen LogP) is 3.05. The molecule has 142 valence electrons. The van der Waals surface area contributed by atoms with Crippen molar-refractivity contribution in [2.75, 3.05) is 6.54 Å². The number of carbonyl (C=O) groups is 1. The van der Waals surface area contributed by atoms with Gasteiger partial charge in [-0.1, -0.05) is 0 Å². The minimum atomic E-state index is -4.43. The highest BCUT2D eigenvalue weighted by Crippen LogP contribution is 2.42. The Morgan fingerprint density at radius 2 is 2.12 bits per heavy atom. The van der Waals surface area contributed by atoms with Gasteiger partial charge in [-0.25, -0.2) is 0 Å². The molecule has 0 aromatic carbocycles. The van der Waals surface area contributed by atoms with Crippen molar-refractivity contribution < 1.29 is 18.0 Å². The molecule has 1 aliphatic rings. The van der Waals surface area contributed by atoms with Gasteiger partial charge in [-0.2, -0.15) is 23.4 Å². The Morgan fingerprint density at radius 1 is 1.38 bits per heavy atom. The number of halogens is 3. The molecule has 0 bridgehead atoms. The Bertz CT molecular complexity index is 776. The van der Waals surface area contributed by atoms with E-state index in [1.54, 1.807) is 17.8 Å². The number of nitrogens with zero attached hydrogens (tertiary/aromatic N) is 4. The zero-order chi connectivity index (χ0) is 18.9. The summed E-state index contributed by atoms with van der Waals surface area (Å²) in [6, 6.07) is 2.53. The molecule has 1 N–H and O–H groups in total. The molecule has 3 rings (SSSR count). The Labute approximate surface area is 149 Å². The number of rotatable bonds is 7. The zero-order valence-electron chi connectivity index (χ0n) is 14.8. The van der Waals surface area contributed by atoms with Crippen LogP contribution in [0.15, 0.2) is 18.3 Å². The molecule has 1 amide bonds. The average Bonchev–Trinajstić information content (AvgIpc) is 3.17. The van der Waals surface area contributed by atoms with Crippen LogP contribution in [-0.4, -0.2) is 32.0 Å². The lowest BCUT2D eigenvalue weighted by Crippen LogP contribution is -2.32. The minimum absolute atomic E-state index is 0.174. The smallest absolute Gasteiger partial charge is 0.354 e. The van der Waals surface area contributed by atoms with Crippen molar-refractivity contribution in [3.05, 3.63) is 35.4 Å². The first-order chi connectivity index (χ1) is 12.3. The first-order valence-corrected chi connectivity index (χ1v) is 8.70. The second-order valence-corrected chi connectivity index (χ2v) is 6.71. The summed E-state index contributed by atoms with van der Waals surface area (Å²) in [5.41, 5.74) is 0.631. The van der Waals surface area contributed by atoms with Crippen molar-refractivity contribution in [1.29, 1.82) is 0 Å². The van der Waals surface area contributed by atoms with Crippen LogP contribution >= 0.6 is 0 Å². The van der Waals surface area contributed by atoms with Gasteiger partial charge in [0.15, 0.2) is 5.69 Å². The number of carbonyl (C=O) groups excluding carboxylic acids is 1. The number of hydrogen-bond acceptors (Lipinski definition) is 3. The molecule has 1 saturated carbocycles. The molecule has 0 spiro atoms. The summed E-state index contributed by atoms with van der Waals surface area (Å²) in [7, 11) is 0. The Balaban J connectivity index is 1.52. The second-order valence-electron chi connectivity index (χ2n) is 6.71. The van der Waals surface area contributed by atoms with Crippen molar-refractivity contribution in [3.8, 4) is 0 Å². The molecule has 9 heteroatoms. The van der Waals surface area contributed by atoms with E-state index in [4.69, 9.17) is 0 Å². The van der Waals surface area contributed by atoms with Crippen LogP contribution in [0.1, 0.15) is 55.2 Å². The Morgan fingerprint density at radius 3 is 2.69 bits per heavy atom. The highest BCUT2D eigenvalue weighted by molar-refractivity contribution is 5.79. The highest BCUT2D eigenvalue weighted by atomic mass is 19.4. The molecule has 6 nitrogen and oxygen atoms in total. The van der Waals surface area contributed by atoms with Gasteiger partial charge in [0, 0.05) is 30.9 Å². The van der Waals surface area contributed by atoms with Gasteiger partial charge in [0.05, 0.1) is 5.69 Å². The highest BCUT2D eigenvalue weighted by Gasteiger charge is 2.37. The van der Waals surface area contributed by atoms with Crippen molar-refractivity contribution in [3.63, 3.8) is 0 Å². The minimum Gasteiger partial charge on any atom is -0.354 e. The molecule has 2 aromatic rings. The fourth-order valence-corrected chi connectivity index (χ4v) is 2.81. The van der Waals surface area contributed by atoms with E-state index in [1.807, 2.05) is 13.0 Å². The van der Waals surface area contributed by atoms with Crippen LogP contribution < -0.4 is 5.32 Å². The fraction of sp³-hybridized carbons (Fsp3) is 0.588. The van der Waals surface area contributed by atoms with Crippen molar-refractivity contribution in [2.45, 2.75) is 57.8 Å². The van der Waals surface area contributed by atoms with E-state index in [-0.39, 0.29) is 11.8 Å². The maximum absolute atomic E-state index is 12.9. The summed E-state index contributed by atoms with van der Waals surface area (Å²) in [4.78, 5) is 12.1. The van der Waals surface area contributed by atoms with Crippen LogP contribution in [0.5, 0.6) is 0 Å². The quantitative estimate of drug-likeness (QED) is 0.763. The number of aromatic nitrogens is 4. The van der Waals surface area contributed by atoms with E-state index < -0.39 is 17.9 Å². The van der Waals surface area contributed by atoms with Crippen LogP contribution in [0.4, 0.5) is 13.2 Å². The standard InChI is InChI=1S/C17H22F3N5O/c1-11-6-9-24(22-11)12(2)16(26)21-7-3-8-25-14(13-4-5-13)10-15(23-25)17(18,19)20/h6,9-10,12-13H,3-5,7-8H2,1-2H3,(H,21,26). The number of nitrogens with one attached hydrogen (secondary N) is 1. The fourth-order valence-electron chi connectivity index (χ4n) is 2.81. The lowest BCUT2D eigenvalue weighted by atomic mass is 10.2. The van der Waals surface area contributed by atoms with Gasteiger partial charge in [-0.05, 0) is 45.2 Å². The van der Waals surface area contributed by atoms with Crippen molar-refractivity contribution in [2.24, 2.45) is 0 Å². The maximum Gasteiger partial charge on any atom is 0.435 e. The van der Waals surface area contributed by atoms with E-state index >= 15 is 0 Å². The van der Waals surface area contributed by atoms with E-state index in [2.05, 4.69) is 15.5 Å². The topological polar surface area (TPSA) is 64.7 Å². The Kier molecular flexibility index (Phi) is 5.06. The van der Waals surface area contributed by atoms with Gasteiger partial charge in [0.2, 0.25) is 5.91 Å². The lowest BCUT2D eigenvalue weighted by molar-refractivity contribution is -0.141. The summed E-state index contributed by atoms with van der Waals surface area (Å²) in [6.07, 6.45) is -0.374. The number of hydrogen-bond donors (Lipinski definition) is 1. The zero-order valence-corrected chi connectivity index (χ0v) is 14.8. The van der Waals surface area contributed by atoms with Gasteiger partial charge < -0.3 is 5.32 Å². The van der Waals surface area contributed by atoms with Gasteiger partial charge in [-0.15, -0.1) is 0 Å². The maximum atomic E-state index is 12.9. The molecular formula is C17H22F3N5O. The number of alkyl halides is 3.